The van der Waals surface area contributed by atoms with Crippen molar-refractivity contribution in [2.75, 3.05) is 36.2 Å². The maximum Gasteiger partial charge on any atom is 0.250 e. The van der Waals surface area contributed by atoms with Gasteiger partial charge in [0, 0.05) is 24.2 Å². The van der Waals surface area contributed by atoms with Gasteiger partial charge in [-0.05, 0) is 36.4 Å². The summed E-state index contributed by atoms with van der Waals surface area (Å²) in [5.74, 6) is -1.15. The van der Waals surface area contributed by atoms with Gasteiger partial charge in [0.1, 0.15) is 12.4 Å². The molecule has 0 saturated heterocycles. The predicted octanol–water partition coefficient (Wildman–Crippen LogP) is 3.11. The maximum absolute atomic E-state index is 13.1. The van der Waals surface area contributed by atoms with Crippen molar-refractivity contribution in [3.05, 3.63) is 53.3 Å². The summed E-state index contributed by atoms with van der Waals surface area (Å²) < 4.78 is 17.8. The molecule has 2 aromatic carbocycles. The number of carbonyl (C=O) groups excluding carboxylic acids is 2. The van der Waals surface area contributed by atoms with Gasteiger partial charge in [-0.1, -0.05) is 17.7 Å². The van der Waals surface area contributed by atoms with Crippen LogP contribution in [0, 0.1) is 5.82 Å². The molecule has 8 heteroatoms. The van der Waals surface area contributed by atoms with Crippen LogP contribution < -0.4 is 16.0 Å². The van der Waals surface area contributed by atoms with Gasteiger partial charge in [-0.3, -0.25) is 9.59 Å². The normalized spacial score (nSPS) is 10.2. The molecule has 2 rings (SSSR count). The Bertz CT molecular complexity index is 771. The highest BCUT2D eigenvalue weighted by molar-refractivity contribution is 6.31. The molecule has 3 N–H and O–H groups in total. The van der Waals surface area contributed by atoms with Gasteiger partial charge >= 0.3 is 0 Å². The Morgan fingerprint density at radius 1 is 1.04 bits per heavy atom. The van der Waals surface area contributed by atoms with Gasteiger partial charge in [-0.2, -0.15) is 0 Å². The van der Waals surface area contributed by atoms with Crippen molar-refractivity contribution in [1.82, 2.24) is 0 Å². The third-order valence-electron chi connectivity index (χ3n) is 3.08. The summed E-state index contributed by atoms with van der Waals surface area (Å²) in [5.41, 5.74) is 1.64. The zero-order valence-electron chi connectivity index (χ0n) is 13.4. The Balaban J connectivity index is 1.88. The van der Waals surface area contributed by atoms with Crippen LogP contribution in [0.25, 0.3) is 0 Å². The van der Waals surface area contributed by atoms with Crippen molar-refractivity contribution in [3.63, 3.8) is 0 Å². The first-order valence-electron chi connectivity index (χ1n) is 7.35. The van der Waals surface area contributed by atoms with Crippen LogP contribution in [0.1, 0.15) is 0 Å². The fraction of sp³-hybridized carbons (Fsp3) is 0.176. The third-order valence-corrected chi connectivity index (χ3v) is 3.37. The first-order chi connectivity index (χ1) is 12.0. The smallest absolute Gasteiger partial charge is 0.250 e. The maximum atomic E-state index is 13.1. The van der Waals surface area contributed by atoms with Crippen molar-refractivity contribution in [2.24, 2.45) is 0 Å². The summed E-state index contributed by atoms with van der Waals surface area (Å²) in [6.07, 6.45) is 0. The second-order valence-corrected chi connectivity index (χ2v) is 5.50. The summed E-state index contributed by atoms with van der Waals surface area (Å²) in [6.45, 7) is -0.0508. The van der Waals surface area contributed by atoms with Crippen LogP contribution in [-0.2, 0) is 14.3 Å². The molecule has 25 heavy (non-hydrogen) atoms. The molecule has 0 atom stereocenters. The number of hydrogen-bond acceptors (Lipinski definition) is 4. The molecule has 6 nitrogen and oxygen atoms in total. The van der Waals surface area contributed by atoms with Crippen LogP contribution in [0.5, 0.6) is 0 Å². The highest BCUT2D eigenvalue weighted by Crippen LogP contribution is 2.19. The number of amides is 2. The molecular weight excluding hydrogens is 349 g/mol. The number of carbonyl (C=O) groups is 2. The summed E-state index contributed by atoms with van der Waals surface area (Å²) >= 11 is 5.67. The van der Waals surface area contributed by atoms with Crippen molar-refractivity contribution in [1.29, 1.82) is 0 Å². The highest BCUT2D eigenvalue weighted by Gasteiger charge is 2.06. The quantitative estimate of drug-likeness (QED) is 0.704. The van der Waals surface area contributed by atoms with E-state index >= 15 is 0 Å². The summed E-state index contributed by atoms with van der Waals surface area (Å²) in [6, 6.07) is 10.8. The van der Waals surface area contributed by atoms with Crippen molar-refractivity contribution >= 4 is 40.5 Å². The number of nitrogens with one attached hydrogen (secondary N) is 3. The number of benzene rings is 2. The molecule has 0 aliphatic carbocycles. The minimum Gasteiger partial charge on any atom is -0.376 e. The van der Waals surface area contributed by atoms with E-state index in [4.69, 9.17) is 16.3 Å². The second kappa shape index (κ2) is 9.00. The van der Waals surface area contributed by atoms with Crippen LogP contribution >= 0.6 is 11.6 Å². The Labute approximate surface area is 149 Å². The van der Waals surface area contributed by atoms with Crippen LogP contribution in [-0.4, -0.2) is 32.1 Å². The van der Waals surface area contributed by atoms with Crippen molar-refractivity contribution in [3.8, 4) is 0 Å². The third kappa shape index (κ3) is 6.06. The largest absolute Gasteiger partial charge is 0.376 e. The van der Waals surface area contributed by atoms with Gasteiger partial charge in [0.15, 0.2) is 0 Å². The lowest BCUT2D eigenvalue weighted by Gasteiger charge is -2.10. The van der Waals surface area contributed by atoms with E-state index in [1.165, 1.54) is 25.3 Å². The van der Waals surface area contributed by atoms with E-state index in [0.717, 1.165) is 0 Å². The standard InChI is InChI=1S/C17H17ClFN3O3/c1-25-10-17(24)22-12-4-2-3-11(7-12)20-9-16(23)21-13-5-6-15(19)14(18)8-13/h2-8,20H,9-10H2,1H3,(H,21,23)(H,22,24). The van der Waals surface area contributed by atoms with Crippen molar-refractivity contribution < 1.29 is 18.7 Å². The predicted molar refractivity (Wildman–Crippen MR) is 95.5 cm³/mol. The molecule has 0 unspecified atom stereocenters. The molecule has 0 radical (unpaired) electrons. The molecule has 0 heterocycles. The summed E-state index contributed by atoms with van der Waals surface area (Å²) in [7, 11) is 1.43. The minimum absolute atomic E-state index is 0.00946. The topological polar surface area (TPSA) is 79.5 Å². The molecule has 2 aromatic rings. The van der Waals surface area contributed by atoms with Gasteiger partial charge in [-0.25, -0.2) is 4.39 Å². The number of halogens is 2. The Morgan fingerprint density at radius 2 is 1.72 bits per heavy atom. The van der Waals surface area contributed by atoms with Gasteiger partial charge in [0.25, 0.3) is 0 Å². The lowest BCUT2D eigenvalue weighted by Crippen LogP contribution is -2.22. The van der Waals surface area contributed by atoms with Gasteiger partial charge in [0.2, 0.25) is 11.8 Å². The van der Waals surface area contributed by atoms with E-state index in [9.17, 15) is 14.0 Å². The lowest BCUT2D eigenvalue weighted by molar-refractivity contribution is -0.119. The van der Waals surface area contributed by atoms with Gasteiger partial charge in [0.05, 0.1) is 11.6 Å². The number of rotatable bonds is 7. The first-order valence-corrected chi connectivity index (χ1v) is 7.73. The van der Waals surface area contributed by atoms with E-state index in [1.54, 1.807) is 24.3 Å². The lowest BCUT2D eigenvalue weighted by atomic mass is 10.2. The van der Waals surface area contributed by atoms with E-state index < -0.39 is 5.82 Å². The highest BCUT2D eigenvalue weighted by atomic mass is 35.5. The van der Waals surface area contributed by atoms with Crippen molar-refractivity contribution in [2.45, 2.75) is 0 Å². The average Bonchev–Trinajstić information content (AvgIpc) is 2.57. The molecule has 0 bridgehead atoms. The molecule has 0 spiro atoms. The SMILES string of the molecule is COCC(=O)Nc1cccc(NCC(=O)Nc2ccc(F)c(Cl)c2)c1. The Morgan fingerprint density at radius 3 is 2.44 bits per heavy atom. The molecular formula is C17H17ClFN3O3. The fourth-order valence-electron chi connectivity index (χ4n) is 2.00. The Hall–Kier alpha value is -2.64. The van der Waals surface area contributed by atoms with E-state index in [1.807, 2.05) is 0 Å². The molecule has 0 aliphatic rings. The van der Waals surface area contributed by atoms with Gasteiger partial charge < -0.3 is 20.7 Å². The zero-order chi connectivity index (χ0) is 18.2. The molecule has 0 aliphatic heterocycles. The van der Waals surface area contributed by atoms with Gasteiger partial charge in [-0.15, -0.1) is 0 Å². The van der Waals surface area contributed by atoms with Crippen LogP contribution in [0.15, 0.2) is 42.5 Å². The van der Waals surface area contributed by atoms with E-state index in [-0.39, 0.29) is 30.0 Å². The van der Waals surface area contributed by atoms with Crippen LogP contribution in [0.4, 0.5) is 21.5 Å². The second-order valence-electron chi connectivity index (χ2n) is 5.09. The number of hydrogen-bond donors (Lipinski definition) is 3. The zero-order valence-corrected chi connectivity index (χ0v) is 14.2. The van der Waals surface area contributed by atoms with Crippen LogP contribution in [0.2, 0.25) is 5.02 Å². The average molecular weight is 366 g/mol. The summed E-state index contributed by atoms with van der Waals surface area (Å²) in [5, 5.41) is 8.14. The molecule has 2 amide bonds. The molecule has 0 aromatic heterocycles. The molecule has 0 saturated carbocycles. The first kappa shape index (κ1) is 18.7. The number of methoxy groups -OCH3 is 1. The monoisotopic (exact) mass is 365 g/mol. The van der Waals surface area contributed by atoms with Crippen LogP contribution in [0.3, 0.4) is 0 Å². The van der Waals surface area contributed by atoms with E-state index in [2.05, 4.69) is 16.0 Å². The summed E-state index contributed by atoms with van der Waals surface area (Å²) in [4.78, 5) is 23.4. The molecule has 0 fully saturated rings. The number of ether oxygens (including phenoxy) is 1. The fourth-order valence-corrected chi connectivity index (χ4v) is 2.18. The number of anilines is 3. The minimum atomic E-state index is -0.551. The Kier molecular flexibility index (Phi) is 6.73. The van der Waals surface area contributed by atoms with E-state index in [0.29, 0.717) is 17.1 Å². The molecule has 132 valence electrons.